The van der Waals surface area contributed by atoms with E-state index in [1.165, 1.54) is 0 Å². The molecule has 4 heteroatoms. The highest BCUT2D eigenvalue weighted by Gasteiger charge is 2.48. The van der Waals surface area contributed by atoms with E-state index in [1.807, 2.05) is 0 Å². The van der Waals surface area contributed by atoms with Crippen molar-refractivity contribution in [1.82, 2.24) is 5.32 Å². The Kier molecular flexibility index (Phi) is 3.22. The normalized spacial score (nSPS) is 26.1. The molecular weight excluding hydrogens is 204 g/mol. The van der Waals surface area contributed by atoms with Gasteiger partial charge < -0.3 is 15.8 Å². The van der Waals surface area contributed by atoms with Gasteiger partial charge in [0.05, 0.1) is 5.41 Å². The second-order valence-electron chi connectivity index (χ2n) is 5.59. The fourth-order valence-electron chi connectivity index (χ4n) is 2.20. The molecule has 2 aliphatic rings. The number of nitrogens with two attached hydrogens (primary N) is 1. The summed E-state index contributed by atoms with van der Waals surface area (Å²) in [6.45, 7) is 5.09. The lowest BCUT2D eigenvalue weighted by atomic mass is 9.82. The lowest BCUT2D eigenvalue weighted by molar-refractivity contribution is -0.126. The second kappa shape index (κ2) is 4.34. The largest absolute Gasteiger partial charge is 0.381 e. The summed E-state index contributed by atoms with van der Waals surface area (Å²) >= 11 is 0. The fraction of sp³-hybridized carbons (Fsp3) is 0.917. The van der Waals surface area contributed by atoms with Gasteiger partial charge in [-0.2, -0.15) is 0 Å². The van der Waals surface area contributed by atoms with E-state index in [2.05, 4.69) is 12.2 Å². The molecule has 3 N–H and O–H groups in total. The van der Waals surface area contributed by atoms with E-state index < -0.39 is 0 Å². The highest BCUT2D eigenvalue weighted by Crippen LogP contribution is 2.44. The van der Waals surface area contributed by atoms with Crippen LogP contribution in [0, 0.1) is 10.8 Å². The molecule has 1 saturated carbocycles. The lowest BCUT2D eigenvalue weighted by Gasteiger charge is -2.34. The van der Waals surface area contributed by atoms with E-state index in [0.29, 0.717) is 6.54 Å². The first-order chi connectivity index (χ1) is 7.60. The van der Waals surface area contributed by atoms with Gasteiger partial charge in [-0.05, 0) is 31.1 Å². The van der Waals surface area contributed by atoms with Crippen LogP contribution in [-0.2, 0) is 9.53 Å². The van der Waals surface area contributed by atoms with Gasteiger partial charge in [0.2, 0.25) is 5.91 Å². The van der Waals surface area contributed by atoms with Crippen LogP contribution in [0.2, 0.25) is 0 Å². The molecule has 92 valence electrons. The van der Waals surface area contributed by atoms with Gasteiger partial charge in [0.1, 0.15) is 0 Å². The Bertz CT molecular complexity index is 268. The standard InChI is InChI=1S/C12H22N2O2/c1-11(4-6-16-7-5-11)9-14-10(15)12(8-13)2-3-12/h2-9,13H2,1H3,(H,14,15). The van der Waals surface area contributed by atoms with Crippen LogP contribution in [0.4, 0.5) is 0 Å². The Morgan fingerprint density at radius 3 is 2.44 bits per heavy atom. The Balaban J connectivity index is 1.80. The molecule has 0 atom stereocenters. The molecule has 2 fully saturated rings. The van der Waals surface area contributed by atoms with Crippen LogP contribution in [0.1, 0.15) is 32.6 Å². The van der Waals surface area contributed by atoms with Crippen molar-refractivity contribution in [2.75, 3.05) is 26.3 Å². The number of hydrogen-bond acceptors (Lipinski definition) is 3. The summed E-state index contributed by atoms with van der Waals surface area (Å²) in [6, 6.07) is 0. The van der Waals surface area contributed by atoms with Crippen molar-refractivity contribution in [1.29, 1.82) is 0 Å². The van der Waals surface area contributed by atoms with Gasteiger partial charge in [-0.25, -0.2) is 0 Å². The van der Waals surface area contributed by atoms with Crippen molar-refractivity contribution in [2.45, 2.75) is 32.6 Å². The maximum Gasteiger partial charge on any atom is 0.227 e. The van der Waals surface area contributed by atoms with Crippen molar-refractivity contribution >= 4 is 5.91 Å². The molecule has 0 spiro atoms. The first-order valence-electron chi connectivity index (χ1n) is 6.16. The van der Waals surface area contributed by atoms with Crippen molar-refractivity contribution in [3.8, 4) is 0 Å². The highest BCUT2D eigenvalue weighted by molar-refractivity contribution is 5.85. The molecule has 2 rings (SSSR count). The SMILES string of the molecule is CC1(CNC(=O)C2(CN)CC2)CCOCC1. The molecular formula is C12H22N2O2. The molecule has 0 radical (unpaired) electrons. The predicted molar refractivity (Wildman–Crippen MR) is 61.9 cm³/mol. The summed E-state index contributed by atoms with van der Waals surface area (Å²) in [5, 5.41) is 3.07. The number of rotatable bonds is 4. The minimum atomic E-state index is -0.221. The van der Waals surface area contributed by atoms with Crippen LogP contribution in [0.5, 0.6) is 0 Å². The molecule has 0 bridgehead atoms. The maximum absolute atomic E-state index is 11.9. The molecule has 0 aromatic heterocycles. The zero-order valence-corrected chi connectivity index (χ0v) is 10.1. The van der Waals surface area contributed by atoms with Crippen LogP contribution in [0.15, 0.2) is 0 Å². The number of ether oxygens (including phenoxy) is 1. The fourth-order valence-corrected chi connectivity index (χ4v) is 2.20. The third-order valence-corrected chi connectivity index (χ3v) is 4.10. The third kappa shape index (κ3) is 2.38. The first-order valence-corrected chi connectivity index (χ1v) is 6.16. The number of amides is 1. The second-order valence-corrected chi connectivity index (χ2v) is 5.59. The summed E-state index contributed by atoms with van der Waals surface area (Å²) in [4.78, 5) is 11.9. The Hall–Kier alpha value is -0.610. The number of hydrogen-bond donors (Lipinski definition) is 2. The van der Waals surface area contributed by atoms with Crippen LogP contribution in [-0.4, -0.2) is 32.2 Å². The van der Waals surface area contributed by atoms with Gasteiger partial charge in [-0.15, -0.1) is 0 Å². The van der Waals surface area contributed by atoms with Crippen molar-refractivity contribution in [3.05, 3.63) is 0 Å². The zero-order valence-electron chi connectivity index (χ0n) is 10.1. The topological polar surface area (TPSA) is 64.4 Å². The van der Waals surface area contributed by atoms with Gasteiger partial charge in [0, 0.05) is 26.3 Å². The van der Waals surface area contributed by atoms with Gasteiger partial charge >= 0.3 is 0 Å². The van der Waals surface area contributed by atoms with Crippen molar-refractivity contribution in [2.24, 2.45) is 16.6 Å². The summed E-state index contributed by atoms with van der Waals surface area (Å²) in [5.41, 5.74) is 5.62. The van der Waals surface area contributed by atoms with Gasteiger partial charge in [0.15, 0.2) is 0 Å². The molecule has 0 unspecified atom stereocenters. The van der Waals surface area contributed by atoms with Crippen LogP contribution in [0.3, 0.4) is 0 Å². The summed E-state index contributed by atoms with van der Waals surface area (Å²) < 4.78 is 5.34. The Morgan fingerprint density at radius 1 is 1.31 bits per heavy atom. The maximum atomic E-state index is 11.9. The average molecular weight is 226 g/mol. The van der Waals surface area contributed by atoms with E-state index in [4.69, 9.17) is 10.5 Å². The van der Waals surface area contributed by atoms with E-state index in [-0.39, 0.29) is 16.7 Å². The van der Waals surface area contributed by atoms with Gasteiger partial charge in [0.25, 0.3) is 0 Å². The van der Waals surface area contributed by atoms with Crippen LogP contribution in [0.25, 0.3) is 0 Å². The first kappa shape index (κ1) is 11.9. The molecule has 1 aliphatic heterocycles. The van der Waals surface area contributed by atoms with Crippen LogP contribution < -0.4 is 11.1 Å². The molecule has 1 heterocycles. The summed E-state index contributed by atoms with van der Waals surface area (Å²) in [5.74, 6) is 0.155. The van der Waals surface area contributed by atoms with Gasteiger partial charge in [-0.1, -0.05) is 6.92 Å². The zero-order chi connectivity index (χ0) is 11.6. The molecule has 1 amide bonds. The van der Waals surface area contributed by atoms with E-state index in [1.54, 1.807) is 0 Å². The molecule has 4 nitrogen and oxygen atoms in total. The molecule has 1 saturated heterocycles. The Labute approximate surface area is 96.9 Å². The smallest absolute Gasteiger partial charge is 0.227 e. The monoisotopic (exact) mass is 226 g/mol. The van der Waals surface area contributed by atoms with Crippen LogP contribution >= 0.6 is 0 Å². The highest BCUT2D eigenvalue weighted by atomic mass is 16.5. The van der Waals surface area contributed by atoms with E-state index in [0.717, 1.165) is 45.4 Å². The summed E-state index contributed by atoms with van der Waals surface area (Å²) in [6.07, 6.45) is 3.97. The van der Waals surface area contributed by atoms with E-state index >= 15 is 0 Å². The van der Waals surface area contributed by atoms with E-state index in [9.17, 15) is 4.79 Å². The lowest BCUT2D eigenvalue weighted by Crippen LogP contribution is -2.43. The third-order valence-electron chi connectivity index (χ3n) is 4.10. The van der Waals surface area contributed by atoms with Gasteiger partial charge in [-0.3, -0.25) is 4.79 Å². The minimum absolute atomic E-state index is 0.155. The summed E-state index contributed by atoms with van der Waals surface area (Å²) in [7, 11) is 0. The molecule has 1 aliphatic carbocycles. The number of carbonyl (C=O) groups excluding carboxylic acids is 1. The number of nitrogens with one attached hydrogen (secondary N) is 1. The quantitative estimate of drug-likeness (QED) is 0.740. The minimum Gasteiger partial charge on any atom is -0.381 e. The van der Waals surface area contributed by atoms with Crippen molar-refractivity contribution in [3.63, 3.8) is 0 Å². The Morgan fingerprint density at radius 2 is 1.94 bits per heavy atom. The molecule has 0 aromatic rings. The predicted octanol–water partition coefficient (Wildman–Crippen LogP) is 0.658. The molecule has 0 aromatic carbocycles. The molecule has 16 heavy (non-hydrogen) atoms. The van der Waals surface area contributed by atoms with Crippen molar-refractivity contribution < 1.29 is 9.53 Å². The number of carbonyl (C=O) groups is 1. The average Bonchev–Trinajstić information content (AvgIpc) is 3.08.